The van der Waals surface area contributed by atoms with Crippen molar-refractivity contribution in [1.82, 2.24) is 0 Å². The van der Waals surface area contributed by atoms with Gasteiger partial charge in [-0.05, 0) is 36.1 Å². The largest absolute Gasteiger partial charge is 0.494 e. The van der Waals surface area contributed by atoms with Gasteiger partial charge >= 0.3 is 7.12 Å². The average Bonchev–Trinajstić information content (AvgIpc) is 2.61. The Kier molecular flexibility index (Phi) is 3.64. The molecule has 1 aromatic carbocycles. The van der Waals surface area contributed by atoms with Crippen LogP contribution in [0.1, 0.15) is 12.0 Å². The van der Waals surface area contributed by atoms with Crippen LogP contribution in [0.25, 0.3) is 0 Å². The number of benzene rings is 1. The molecular weight excluding hydrogens is 212 g/mol. The third-order valence-electron chi connectivity index (χ3n) is 2.37. The van der Waals surface area contributed by atoms with E-state index in [-0.39, 0.29) is 7.12 Å². The summed E-state index contributed by atoms with van der Waals surface area (Å²) in [4.78, 5) is 0. The predicted molar refractivity (Wildman–Crippen MR) is 61.3 cm³/mol. The number of rotatable bonds is 4. The molecule has 0 radical (unpaired) electrons. The zero-order valence-electron chi connectivity index (χ0n) is 8.41. The second-order valence-electron chi connectivity index (χ2n) is 3.50. The maximum absolute atomic E-state index is 5.88. The lowest BCUT2D eigenvalue weighted by atomic mass is 9.79. The Balaban J connectivity index is 2.02. The van der Waals surface area contributed by atoms with Crippen LogP contribution in [0.5, 0.6) is 0 Å². The van der Waals surface area contributed by atoms with Crippen molar-refractivity contribution in [2.24, 2.45) is 5.73 Å². The molecular formula is C10H13BClNO2. The van der Waals surface area contributed by atoms with Gasteiger partial charge in [-0.15, -0.1) is 0 Å². The summed E-state index contributed by atoms with van der Waals surface area (Å²) in [6, 6.07) is 5.73. The van der Waals surface area contributed by atoms with Gasteiger partial charge in [0, 0.05) is 11.6 Å². The maximum Gasteiger partial charge on any atom is 0.494 e. The Labute approximate surface area is 94.6 Å². The maximum atomic E-state index is 5.88. The van der Waals surface area contributed by atoms with E-state index in [1.54, 1.807) is 0 Å². The Hall–Kier alpha value is -0.545. The normalized spacial score (nSPS) is 14.4. The first-order valence-corrected chi connectivity index (χ1v) is 5.40. The fraction of sp³-hybridized carbons (Fsp3) is 0.400. The van der Waals surface area contributed by atoms with E-state index >= 15 is 0 Å². The highest BCUT2D eigenvalue weighted by Gasteiger charge is 2.30. The highest BCUT2D eigenvalue weighted by molar-refractivity contribution is 6.62. The van der Waals surface area contributed by atoms with Gasteiger partial charge in [-0.3, -0.25) is 0 Å². The van der Waals surface area contributed by atoms with E-state index < -0.39 is 0 Å². The summed E-state index contributed by atoms with van der Waals surface area (Å²) in [5, 5.41) is 0.736. The van der Waals surface area contributed by atoms with E-state index in [0.29, 0.717) is 19.8 Å². The molecule has 2 N–H and O–H groups in total. The van der Waals surface area contributed by atoms with Crippen molar-refractivity contribution in [3.05, 3.63) is 28.8 Å². The first-order chi connectivity index (χ1) is 7.31. The Morgan fingerprint density at radius 2 is 2.40 bits per heavy atom. The number of fused-ring (bicyclic) bond motifs is 1. The van der Waals surface area contributed by atoms with Gasteiger partial charge in [-0.25, -0.2) is 0 Å². The summed E-state index contributed by atoms with van der Waals surface area (Å²) in [6.07, 6.45) is 0.850. The molecule has 0 saturated carbocycles. The van der Waals surface area contributed by atoms with Gasteiger partial charge in [-0.2, -0.15) is 0 Å². The molecule has 15 heavy (non-hydrogen) atoms. The topological polar surface area (TPSA) is 44.5 Å². The monoisotopic (exact) mass is 225 g/mol. The van der Waals surface area contributed by atoms with Crippen molar-refractivity contribution >= 4 is 24.2 Å². The lowest BCUT2D eigenvalue weighted by Crippen LogP contribution is -2.32. The van der Waals surface area contributed by atoms with Gasteiger partial charge < -0.3 is 15.0 Å². The molecule has 0 unspecified atom stereocenters. The first-order valence-electron chi connectivity index (χ1n) is 5.03. The molecule has 0 fully saturated rings. The van der Waals surface area contributed by atoms with Gasteiger partial charge in [0.15, 0.2) is 0 Å². The zero-order valence-corrected chi connectivity index (χ0v) is 9.17. The van der Waals surface area contributed by atoms with Gasteiger partial charge in [0.2, 0.25) is 0 Å². The summed E-state index contributed by atoms with van der Waals surface area (Å²) in [7, 11) is -0.246. The number of halogens is 1. The van der Waals surface area contributed by atoms with E-state index in [2.05, 4.69) is 0 Å². The summed E-state index contributed by atoms with van der Waals surface area (Å²) in [5.74, 6) is 0. The second kappa shape index (κ2) is 4.99. The molecule has 0 aliphatic carbocycles. The Morgan fingerprint density at radius 1 is 1.53 bits per heavy atom. The molecule has 1 heterocycles. The minimum atomic E-state index is -0.246. The van der Waals surface area contributed by atoms with Crippen LogP contribution in [0.15, 0.2) is 18.2 Å². The average molecular weight is 225 g/mol. The Morgan fingerprint density at radius 3 is 3.20 bits per heavy atom. The summed E-state index contributed by atoms with van der Waals surface area (Å²) in [6.45, 7) is 1.84. The molecule has 5 heteroatoms. The summed E-state index contributed by atoms with van der Waals surface area (Å²) < 4.78 is 11.1. The lowest BCUT2D eigenvalue weighted by Gasteiger charge is -2.07. The molecule has 0 spiro atoms. The molecule has 2 rings (SSSR count). The van der Waals surface area contributed by atoms with Gasteiger partial charge in [0.05, 0.1) is 6.61 Å². The van der Waals surface area contributed by atoms with Gasteiger partial charge in [-0.1, -0.05) is 17.7 Å². The molecule has 0 aromatic heterocycles. The van der Waals surface area contributed by atoms with Crippen molar-refractivity contribution < 1.29 is 9.31 Å². The van der Waals surface area contributed by atoms with Crippen LogP contribution in [0.2, 0.25) is 5.02 Å². The van der Waals surface area contributed by atoms with Crippen molar-refractivity contribution in [2.45, 2.75) is 13.0 Å². The first kappa shape index (κ1) is 11.0. The lowest BCUT2D eigenvalue weighted by molar-refractivity contribution is 0.210. The second-order valence-corrected chi connectivity index (χ2v) is 3.94. The van der Waals surface area contributed by atoms with E-state index in [4.69, 9.17) is 26.6 Å². The van der Waals surface area contributed by atoms with Gasteiger partial charge in [0.1, 0.15) is 0 Å². The van der Waals surface area contributed by atoms with Crippen LogP contribution in [-0.4, -0.2) is 20.3 Å². The molecule has 80 valence electrons. The van der Waals surface area contributed by atoms with E-state index in [1.165, 1.54) is 0 Å². The van der Waals surface area contributed by atoms with Crippen molar-refractivity contribution in [2.75, 3.05) is 13.2 Å². The van der Waals surface area contributed by atoms with Crippen LogP contribution in [0.3, 0.4) is 0 Å². The van der Waals surface area contributed by atoms with E-state index in [9.17, 15) is 0 Å². The summed E-state index contributed by atoms with van der Waals surface area (Å²) in [5.41, 5.74) is 7.58. The SMILES string of the molecule is NCCCOB1OCc2cc(Cl)ccc21. The van der Waals surface area contributed by atoms with Crippen molar-refractivity contribution in [1.29, 1.82) is 0 Å². The van der Waals surface area contributed by atoms with Crippen LogP contribution < -0.4 is 11.2 Å². The van der Waals surface area contributed by atoms with Crippen LogP contribution in [-0.2, 0) is 15.9 Å². The smallest absolute Gasteiger partial charge is 0.407 e. The van der Waals surface area contributed by atoms with E-state index in [1.807, 2.05) is 18.2 Å². The van der Waals surface area contributed by atoms with Crippen molar-refractivity contribution in [3.8, 4) is 0 Å². The molecule has 0 bridgehead atoms. The van der Waals surface area contributed by atoms with Crippen LogP contribution in [0, 0.1) is 0 Å². The number of nitrogens with two attached hydrogens (primary N) is 1. The Bertz CT molecular complexity index is 348. The molecule has 3 nitrogen and oxygen atoms in total. The summed E-state index contributed by atoms with van der Waals surface area (Å²) >= 11 is 5.88. The molecule has 1 aliphatic rings. The van der Waals surface area contributed by atoms with Crippen LogP contribution >= 0.6 is 11.6 Å². The highest BCUT2D eigenvalue weighted by atomic mass is 35.5. The number of hydrogen-bond donors (Lipinski definition) is 1. The number of hydrogen-bond acceptors (Lipinski definition) is 3. The fourth-order valence-corrected chi connectivity index (χ4v) is 1.79. The molecule has 1 aromatic rings. The fourth-order valence-electron chi connectivity index (χ4n) is 1.60. The van der Waals surface area contributed by atoms with Gasteiger partial charge in [0.25, 0.3) is 0 Å². The molecule has 0 amide bonds. The quantitative estimate of drug-likeness (QED) is 0.612. The third-order valence-corrected chi connectivity index (χ3v) is 2.60. The zero-order chi connectivity index (χ0) is 10.7. The van der Waals surface area contributed by atoms with Crippen LogP contribution in [0.4, 0.5) is 0 Å². The van der Waals surface area contributed by atoms with Crippen molar-refractivity contribution in [3.63, 3.8) is 0 Å². The predicted octanol–water partition coefficient (Wildman–Crippen LogP) is 0.931. The van der Waals surface area contributed by atoms with E-state index in [0.717, 1.165) is 22.5 Å². The molecule has 1 aliphatic heterocycles. The molecule has 0 saturated heterocycles. The molecule has 0 atom stereocenters. The minimum absolute atomic E-state index is 0.246. The minimum Gasteiger partial charge on any atom is -0.407 e. The third kappa shape index (κ3) is 2.52. The highest BCUT2D eigenvalue weighted by Crippen LogP contribution is 2.16. The standard InChI is InChI=1S/C10H13BClNO2/c12-9-2-3-10-8(6-9)7-15-11(10)14-5-1-4-13/h2-3,6H,1,4-5,7,13H2.